The van der Waals surface area contributed by atoms with Gasteiger partial charge in [-0.25, -0.2) is 0 Å². The summed E-state index contributed by atoms with van der Waals surface area (Å²) in [6.45, 7) is 4.09. The molecule has 2 unspecified atom stereocenters. The maximum absolute atomic E-state index is 9.99. The summed E-state index contributed by atoms with van der Waals surface area (Å²) in [4.78, 5) is 0. The molecule has 0 aromatic heterocycles. The Morgan fingerprint density at radius 2 is 1.12 bits per heavy atom. The highest BCUT2D eigenvalue weighted by molar-refractivity contribution is 6.01. The van der Waals surface area contributed by atoms with Gasteiger partial charge in [-0.3, -0.25) is 5.41 Å². The molecule has 0 aliphatic carbocycles. The molecule has 2 atom stereocenters. The van der Waals surface area contributed by atoms with Crippen LogP contribution in [0, 0.1) is 5.41 Å². The lowest BCUT2D eigenvalue weighted by atomic mass is 10.1. The summed E-state index contributed by atoms with van der Waals surface area (Å²) in [5.74, 6) is 0.161. The second-order valence-electron chi connectivity index (χ2n) is 6.48. The first-order valence-electron chi connectivity index (χ1n) is 9.22. The van der Waals surface area contributed by atoms with E-state index in [1.807, 2.05) is 62.4 Å². The molecule has 0 bridgehead atoms. The Bertz CT molecular complexity index is 624. The summed E-state index contributed by atoms with van der Waals surface area (Å²) in [5, 5.41) is 34.0. The number of hydrogen-bond donors (Lipinski definition) is 5. The zero-order valence-electron chi connectivity index (χ0n) is 15.5. The molecule has 0 saturated heterocycles. The zero-order chi connectivity index (χ0) is 18.9. The molecule has 2 rings (SSSR count). The SMILES string of the molecule is CCCC(O)c1ccc(NC(=N)Nc2ccc(C(O)CCC)cc2)cc1. The Kier molecular flexibility index (Phi) is 7.63. The van der Waals surface area contributed by atoms with Crippen molar-refractivity contribution in [2.45, 2.75) is 51.7 Å². The largest absolute Gasteiger partial charge is 0.388 e. The molecule has 0 saturated carbocycles. The summed E-state index contributed by atoms with van der Waals surface area (Å²) >= 11 is 0. The third-order valence-electron chi connectivity index (χ3n) is 4.25. The second kappa shape index (κ2) is 9.94. The lowest BCUT2D eigenvalue weighted by Crippen LogP contribution is -2.20. The Labute approximate surface area is 155 Å². The van der Waals surface area contributed by atoms with Gasteiger partial charge >= 0.3 is 0 Å². The Morgan fingerprint density at radius 1 is 0.769 bits per heavy atom. The lowest BCUT2D eigenvalue weighted by molar-refractivity contribution is 0.166. The van der Waals surface area contributed by atoms with Gasteiger partial charge in [-0.1, -0.05) is 51.0 Å². The molecule has 2 aromatic rings. The molecule has 0 heterocycles. The number of rotatable bonds is 8. The van der Waals surface area contributed by atoms with Crippen LogP contribution in [0.5, 0.6) is 0 Å². The van der Waals surface area contributed by atoms with Gasteiger partial charge in [-0.05, 0) is 48.2 Å². The van der Waals surface area contributed by atoms with Gasteiger partial charge in [0.05, 0.1) is 12.2 Å². The normalized spacial score (nSPS) is 13.1. The van der Waals surface area contributed by atoms with E-state index >= 15 is 0 Å². The summed E-state index contributed by atoms with van der Waals surface area (Å²) in [5.41, 5.74) is 3.34. The number of aliphatic hydroxyl groups is 2. The van der Waals surface area contributed by atoms with E-state index < -0.39 is 12.2 Å². The smallest absolute Gasteiger partial charge is 0.197 e. The van der Waals surface area contributed by atoms with Crippen LogP contribution in [-0.4, -0.2) is 16.2 Å². The predicted molar refractivity (Wildman–Crippen MR) is 108 cm³/mol. The first-order chi connectivity index (χ1) is 12.5. The van der Waals surface area contributed by atoms with Gasteiger partial charge in [0.15, 0.2) is 5.96 Å². The highest BCUT2D eigenvalue weighted by atomic mass is 16.3. The topological polar surface area (TPSA) is 88.4 Å². The summed E-state index contributed by atoms with van der Waals surface area (Å²) in [6.07, 6.45) is 2.48. The molecule has 5 heteroatoms. The van der Waals surface area contributed by atoms with Gasteiger partial charge < -0.3 is 20.8 Å². The van der Waals surface area contributed by atoms with Crippen LogP contribution in [0.25, 0.3) is 0 Å². The molecule has 0 amide bonds. The molecule has 140 valence electrons. The summed E-state index contributed by atoms with van der Waals surface area (Å²) < 4.78 is 0. The summed E-state index contributed by atoms with van der Waals surface area (Å²) in [6, 6.07) is 14.9. The van der Waals surface area contributed by atoms with Crippen molar-refractivity contribution in [3.05, 3.63) is 59.7 Å². The Morgan fingerprint density at radius 3 is 1.42 bits per heavy atom. The Hall–Kier alpha value is -2.37. The molecule has 5 N–H and O–H groups in total. The number of aliphatic hydroxyl groups excluding tert-OH is 2. The van der Waals surface area contributed by atoms with E-state index in [1.165, 1.54) is 0 Å². The van der Waals surface area contributed by atoms with Crippen LogP contribution >= 0.6 is 0 Å². The monoisotopic (exact) mass is 355 g/mol. The van der Waals surface area contributed by atoms with Gasteiger partial charge in [0.2, 0.25) is 0 Å². The lowest BCUT2D eigenvalue weighted by Gasteiger charge is -2.14. The number of benzene rings is 2. The molecule has 0 aliphatic rings. The molecule has 5 nitrogen and oxygen atoms in total. The third-order valence-corrected chi connectivity index (χ3v) is 4.25. The number of guanidine groups is 1. The maximum atomic E-state index is 9.99. The average Bonchev–Trinajstić information content (AvgIpc) is 2.63. The first kappa shape index (κ1) is 19.9. The zero-order valence-corrected chi connectivity index (χ0v) is 15.5. The minimum absolute atomic E-state index is 0.161. The van der Waals surface area contributed by atoms with Crippen molar-refractivity contribution in [1.29, 1.82) is 5.41 Å². The van der Waals surface area contributed by atoms with Crippen molar-refractivity contribution in [1.82, 2.24) is 0 Å². The maximum Gasteiger partial charge on any atom is 0.197 e. The van der Waals surface area contributed by atoms with Crippen LogP contribution in [0.15, 0.2) is 48.5 Å². The van der Waals surface area contributed by atoms with Crippen LogP contribution in [0.1, 0.15) is 62.9 Å². The van der Waals surface area contributed by atoms with E-state index in [4.69, 9.17) is 5.41 Å². The van der Waals surface area contributed by atoms with Gasteiger partial charge in [-0.2, -0.15) is 0 Å². The fourth-order valence-corrected chi connectivity index (χ4v) is 2.78. The van der Waals surface area contributed by atoms with Crippen LogP contribution in [0.3, 0.4) is 0 Å². The second-order valence-corrected chi connectivity index (χ2v) is 6.48. The van der Waals surface area contributed by atoms with Crippen molar-refractivity contribution in [2.75, 3.05) is 10.6 Å². The molecule has 26 heavy (non-hydrogen) atoms. The molecule has 0 radical (unpaired) electrons. The standard InChI is InChI=1S/C21H29N3O2/c1-3-5-19(25)15-7-11-17(12-8-15)23-21(22)24-18-13-9-16(10-14-18)20(26)6-4-2/h7-14,19-20,25-26H,3-6H2,1-2H3,(H3,22,23,24). The van der Waals surface area contributed by atoms with E-state index in [9.17, 15) is 10.2 Å². The van der Waals surface area contributed by atoms with E-state index in [-0.39, 0.29) is 5.96 Å². The Balaban J connectivity index is 1.90. The van der Waals surface area contributed by atoms with Crippen molar-refractivity contribution in [3.8, 4) is 0 Å². The van der Waals surface area contributed by atoms with Crippen molar-refractivity contribution in [2.24, 2.45) is 0 Å². The van der Waals surface area contributed by atoms with Crippen LogP contribution in [0.4, 0.5) is 11.4 Å². The highest BCUT2D eigenvalue weighted by Crippen LogP contribution is 2.21. The van der Waals surface area contributed by atoms with Crippen molar-refractivity contribution >= 4 is 17.3 Å². The van der Waals surface area contributed by atoms with E-state index in [2.05, 4.69) is 10.6 Å². The fourth-order valence-electron chi connectivity index (χ4n) is 2.78. The van der Waals surface area contributed by atoms with Gasteiger partial charge in [0.25, 0.3) is 0 Å². The van der Waals surface area contributed by atoms with Gasteiger partial charge in [-0.15, -0.1) is 0 Å². The van der Waals surface area contributed by atoms with E-state index in [0.717, 1.165) is 48.2 Å². The van der Waals surface area contributed by atoms with Crippen LogP contribution in [-0.2, 0) is 0 Å². The van der Waals surface area contributed by atoms with E-state index in [0.29, 0.717) is 0 Å². The quantitative estimate of drug-likeness (QED) is 0.347. The highest BCUT2D eigenvalue weighted by Gasteiger charge is 2.08. The van der Waals surface area contributed by atoms with E-state index in [1.54, 1.807) is 0 Å². The molecule has 2 aromatic carbocycles. The first-order valence-corrected chi connectivity index (χ1v) is 9.22. The minimum atomic E-state index is -0.437. The van der Waals surface area contributed by atoms with Gasteiger partial charge in [0, 0.05) is 11.4 Å². The summed E-state index contributed by atoms with van der Waals surface area (Å²) in [7, 11) is 0. The number of nitrogens with one attached hydrogen (secondary N) is 3. The molecule has 0 fully saturated rings. The van der Waals surface area contributed by atoms with Gasteiger partial charge in [0.1, 0.15) is 0 Å². The third kappa shape index (κ3) is 5.86. The minimum Gasteiger partial charge on any atom is -0.388 e. The average molecular weight is 355 g/mol. The predicted octanol–water partition coefficient (Wildman–Crippen LogP) is 4.81. The van der Waals surface area contributed by atoms with Crippen molar-refractivity contribution < 1.29 is 10.2 Å². The van der Waals surface area contributed by atoms with Crippen LogP contribution < -0.4 is 10.6 Å². The molecular weight excluding hydrogens is 326 g/mol. The number of anilines is 2. The molecule has 0 aliphatic heterocycles. The molecule has 0 spiro atoms. The number of hydrogen-bond acceptors (Lipinski definition) is 3. The van der Waals surface area contributed by atoms with Crippen LogP contribution in [0.2, 0.25) is 0 Å². The van der Waals surface area contributed by atoms with Crippen molar-refractivity contribution in [3.63, 3.8) is 0 Å². The molecular formula is C21H29N3O2. The fraction of sp³-hybridized carbons (Fsp3) is 0.381.